The van der Waals surface area contributed by atoms with E-state index in [0.29, 0.717) is 12.6 Å². The van der Waals surface area contributed by atoms with Crippen LogP contribution in [0.15, 0.2) is 12.1 Å². The number of aryl methyl sites for hydroxylation is 3. The molecular weight excluding hydrogens is 328 g/mol. The molecule has 1 aromatic rings. The molecule has 1 unspecified atom stereocenters. The van der Waals surface area contributed by atoms with Crippen LogP contribution in [-0.2, 0) is 20.7 Å². The van der Waals surface area contributed by atoms with E-state index in [1.807, 2.05) is 0 Å². The van der Waals surface area contributed by atoms with Crippen molar-refractivity contribution in [3.63, 3.8) is 0 Å². The Morgan fingerprint density at radius 3 is 2.42 bits per heavy atom. The van der Waals surface area contributed by atoms with Gasteiger partial charge in [0.25, 0.3) is 0 Å². The Labute approximate surface area is 155 Å². The maximum atomic E-state index is 12.1. The minimum absolute atomic E-state index is 0.101. The third-order valence-electron chi connectivity index (χ3n) is 5.93. The second-order valence-electron chi connectivity index (χ2n) is 8.27. The van der Waals surface area contributed by atoms with Gasteiger partial charge in [-0.2, -0.15) is 0 Å². The van der Waals surface area contributed by atoms with Crippen LogP contribution in [0.1, 0.15) is 48.4 Å². The van der Waals surface area contributed by atoms with Gasteiger partial charge in [-0.1, -0.05) is 12.1 Å². The van der Waals surface area contributed by atoms with E-state index in [4.69, 9.17) is 4.74 Å². The summed E-state index contributed by atoms with van der Waals surface area (Å²) in [6, 6.07) is 4.43. The van der Waals surface area contributed by atoms with Crippen LogP contribution in [-0.4, -0.2) is 37.1 Å². The first-order valence-electron chi connectivity index (χ1n) is 9.55. The van der Waals surface area contributed by atoms with Crippen molar-refractivity contribution in [2.24, 2.45) is 5.41 Å². The molecule has 0 aromatic heterocycles. The third kappa shape index (κ3) is 4.09. The molecule has 1 aliphatic carbocycles. The van der Waals surface area contributed by atoms with Crippen molar-refractivity contribution in [3.8, 4) is 0 Å². The molecule has 0 radical (unpaired) electrons. The number of amides is 2. The minimum Gasteiger partial charge on any atom is -0.378 e. The number of hydrogen-bond acceptors (Lipinski definition) is 3. The fourth-order valence-corrected chi connectivity index (χ4v) is 4.35. The maximum Gasteiger partial charge on any atom is 0.309 e. The summed E-state index contributed by atoms with van der Waals surface area (Å²) < 4.78 is 5.64. The SMILES string of the molecule is Cc1cc(C)c(CCNC(=O)C(=O)NC2CC3(COC(C)C3)C2)cc1C. The van der Waals surface area contributed by atoms with Crippen LogP contribution >= 0.6 is 0 Å². The molecule has 0 bridgehead atoms. The Morgan fingerprint density at radius 1 is 1.08 bits per heavy atom. The van der Waals surface area contributed by atoms with Crippen molar-refractivity contribution in [1.29, 1.82) is 0 Å². The average Bonchev–Trinajstić information content (AvgIpc) is 2.93. The molecule has 1 saturated carbocycles. The molecule has 1 spiro atoms. The van der Waals surface area contributed by atoms with E-state index in [2.05, 4.69) is 50.5 Å². The Bertz CT molecular complexity index is 707. The highest BCUT2D eigenvalue weighted by Crippen LogP contribution is 2.49. The lowest BCUT2D eigenvalue weighted by molar-refractivity contribution is -0.140. The molecule has 2 amide bonds. The van der Waals surface area contributed by atoms with Crippen molar-refractivity contribution in [2.75, 3.05) is 13.2 Å². The van der Waals surface area contributed by atoms with E-state index in [-0.39, 0.29) is 11.5 Å². The van der Waals surface area contributed by atoms with Crippen LogP contribution in [0.3, 0.4) is 0 Å². The second-order valence-corrected chi connectivity index (χ2v) is 8.27. The summed E-state index contributed by atoms with van der Waals surface area (Å²) in [7, 11) is 0. The molecule has 5 nitrogen and oxygen atoms in total. The molecule has 2 aliphatic rings. The van der Waals surface area contributed by atoms with Crippen LogP contribution in [0.5, 0.6) is 0 Å². The molecule has 1 aliphatic heterocycles. The Balaban J connectivity index is 1.40. The van der Waals surface area contributed by atoms with E-state index >= 15 is 0 Å². The highest BCUT2D eigenvalue weighted by Gasteiger charge is 2.49. The van der Waals surface area contributed by atoms with Crippen LogP contribution in [0, 0.1) is 26.2 Å². The number of ether oxygens (including phenoxy) is 1. The number of hydrogen-bond donors (Lipinski definition) is 2. The quantitative estimate of drug-likeness (QED) is 0.812. The van der Waals surface area contributed by atoms with Gasteiger partial charge >= 0.3 is 11.8 Å². The molecule has 2 fully saturated rings. The Morgan fingerprint density at radius 2 is 1.77 bits per heavy atom. The summed E-state index contributed by atoms with van der Waals surface area (Å²) in [4.78, 5) is 24.1. The molecule has 3 rings (SSSR count). The van der Waals surface area contributed by atoms with Gasteiger partial charge in [0.1, 0.15) is 0 Å². The molecule has 1 saturated heterocycles. The first-order valence-corrected chi connectivity index (χ1v) is 9.55. The normalized spacial score (nSPS) is 27.2. The molecule has 5 heteroatoms. The monoisotopic (exact) mass is 358 g/mol. The van der Waals surface area contributed by atoms with Gasteiger partial charge in [-0.25, -0.2) is 0 Å². The lowest BCUT2D eigenvalue weighted by Gasteiger charge is -2.44. The lowest BCUT2D eigenvalue weighted by atomic mass is 9.64. The zero-order chi connectivity index (χ0) is 18.9. The summed E-state index contributed by atoms with van der Waals surface area (Å²) in [6.07, 6.45) is 3.93. The van der Waals surface area contributed by atoms with Gasteiger partial charge in [0.15, 0.2) is 0 Å². The van der Waals surface area contributed by atoms with Crippen molar-refractivity contribution in [3.05, 3.63) is 34.4 Å². The average molecular weight is 358 g/mol. The predicted octanol–water partition coefficient (Wildman–Crippen LogP) is 2.34. The van der Waals surface area contributed by atoms with Gasteiger partial charge in [0.05, 0.1) is 12.7 Å². The topological polar surface area (TPSA) is 67.4 Å². The summed E-state index contributed by atoms with van der Waals surface area (Å²) in [5.74, 6) is -1.06. The van der Waals surface area contributed by atoms with Crippen molar-refractivity contribution < 1.29 is 14.3 Å². The van der Waals surface area contributed by atoms with Gasteiger partial charge in [-0.05, 0) is 75.6 Å². The van der Waals surface area contributed by atoms with E-state index in [0.717, 1.165) is 32.3 Å². The first kappa shape index (κ1) is 18.9. The number of rotatable bonds is 4. The maximum absolute atomic E-state index is 12.1. The van der Waals surface area contributed by atoms with E-state index < -0.39 is 11.8 Å². The van der Waals surface area contributed by atoms with E-state index in [1.54, 1.807) is 0 Å². The molecule has 1 heterocycles. The third-order valence-corrected chi connectivity index (χ3v) is 5.93. The number of nitrogens with one attached hydrogen (secondary N) is 2. The summed E-state index contributed by atoms with van der Waals surface area (Å²) in [6.45, 7) is 9.60. The summed E-state index contributed by atoms with van der Waals surface area (Å²) in [5.41, 5.74) is 5.19. The molecule has 1 aromatic carbocycles. The van der Waals surface area contributed by atoms with Crippen LogP contribution in [0.25, 0.3) is 0 Å². The summed E-state index contributed by atoms with van der Waals surface area (Å²) >= 11 is 0. The molecular formula is C21H30N2O3. The molecule has 142 valence electrons. The fraction of sp³-hybridized carbons (Fsp3) is 0.619. The lowest BCUT2D eigenvalue weighted by Crippen LogP contribution is -2.54. The molecule has 26 heavy (non-hydrogen) atoms. The smallest absolute Gasteiger partial charge is 0.309 e. The highest BCUT2D eigenvalue weighted by atomic mass is 16.5. The molecule has 2 N–H and O–H groups in total. The van der Waals surface area contributed by atoms with Gasteiger partial charge < -0.3 is 15.4 Å². The number of carbonyl (C=O) groups excluding carboxylic acids is 2. The predicted molar refractivity (Wildman–Crippen MR) is 101 cm³/mol. The van der Waals surface area contributed by atoms with Gasteiger partial charge in [0, 0.05) is 18.0 Å². The van der Waals surface area contributed by atoms with Crippen molar-refractivity contribution >= 4 is 11.8 Å². The fourth-order valence-electron chi connectivity index (χ4n) is 4.35. The standard InChI is InChI=1S/C21H30N2O3/c1-13-7-15(3)17(8-14(13)2)5-6-22-19(24)20(25)23-18-10-21(11-18)9-16(4)26-12-21/h7-8,16,18H,5-6,9-12H2,1-4H3,(H,22,24)(H,23,25). The number of carbonyl (C=O) groups is 2. The number of benzene rings is 1. The Hall–Kier alpha value is -1.88. The summed E-state index contributed by atoms with van der Waals surface area (Å²) in [5, 5.41) is 5.59. The largest absolute Gasteiger partial charge is 0.378 e. The van der Waals surface area contributed by atoms with Crippen molar-refractivity contribution in [2.45, 2.75) is 65.5 Å². The van der Waals surface area contributed by atoms with Gasteiger partial charge in [-0.3, -0.25) is 9.59 Å². The van der Waals surface area contributed by atoms with Crippen LogP contribution in [0.4, 0.5) is 0 Å². The van der Waals surface area contributed by atoms with E-state index in [1.165, 1.54) is 22.3 Å². The molecule has 1 atom stereocenters. The Kier molecular flexibility index (Phi) is 5.37. The zero-order valence-electron chi connectivity index (χ0n) is 16.3. The first-order chi connectivity index (χ1) is 12.3. The van der Waals surface area contributed by atoms with E-state index in [9.17, 15) is 9.59 Å². The van der Waals surface area contributed by atoms with Gasteiger partial charge in [-0.15, -0.1) is 0 Å². The van der Waals surface area contributed by atoms with Crippen LogP contribution < -0.4 is 10.6 Å². The van der Waals surface area contributed by atoms with Crippen molar-refractivity contribution in [1.82, 2.24) is 10.6 Å². The van der Waals surface area contributed by atoms with Gasteiger partial charge in [0.2, 0.25) is 0 Å². The minimum atomic E-state index is -0.538. The second kappa shape index (κ2) is 7.39. The van der Waals surface area contributed by atoms with Crippen LogP contribution in [0.2, 0.25) is 0 Å². The zero-order valence-corrected chi connectivity index (χ0v) is 16.3. The highest BCUT2D eigenvalue weighted by molar-refractivity contribution is 6.35.